The van der Waals surface area contributed by atoms with Crippen molar-refractivity contribution >= 4 is 0 Å². The van der Waals surface area contributed by atoms with Crippen LogP contribution in [0.1, 0.15) is 38.2 Å². The third-order valence-corrected chi connectivity index (χ3v) is 3.68. The van der Waals surface area contributed by atoms with Gasteiger partial charge in [-0.1, -0.05) is 30.3 Å². The van der Waals surface area contributed by atoms with Crippen molar-refractivity contribution in [2.75, 3.05) is 13.2 Å². The lowest BCUT2D eigenvalue weighted by atomic mass is 10.0. The Morgan fingerprint density at radius 1 is 1.22 bits per heavy atom. The molecule has 1 aliphatic heterocycles. The minimum absolute atomic E-state index is 0.591. The van der Waals surface area contributed by atoms with Gasteiger partial charge in [0.15, 0.2) is 0 Å². The molecule has 1 aromatic carbocycles. The highest BCUT2D eigenvalue weighted by Crippen LogP contribution is 2.11. The SMILES string of the molecule is CC(CCc1ccccc1)NC1CCCOCC1. The standard InChI is InChI=1S/C16H25NO/c1-14(9-10-15-6-3-2-4-7-15)17-16-8-5-12-18-13-11-16/h2-4,6-7,14,16-17H,5,8-13H2,1H3. The Morgan fingerprint density at radius 3 is 2.89 bits per heavy atom. The summed E-state index contributed by atoms with van der Waals surface area (Å²) < 4.78 is 5.50. The van der Waals surface area contributed by atoms with E-state index in [0.717, 1.165) is 26.1 Å². The highest BCUT2D eigenvalue weighted by molar-refractivity contribution is 5.14. The molecule has 1 fully saturated rings. The van der Waals surface area contributed by atoms with Crippen molar-refractivity contribution in [1.29, 1.82) is 0 Å². The summed E-state index contributed by atoms with van der Waals surface area (Å²) in [6.45, 7) is 4.16. The molecule has 1 saturated heterocycles. The summed E-state index contributed by atoms with van der Waals surface area (Å²) in [6, 6.07) is 12.0. The van der Waals surface area contributed by atoms with Crippen LogP contribution in [0.3, 0.4) is 0 Å². The molecule has 1 aliphatic rings. The quantitative estimate of drug-likeness (QED) is 0.863. The van der Waals surface area contributed by atoms with Crippen molar-refractivity contribution in [1.82, 2.24) is 5.32 Å². The summed E-state index contributed by atoms with van der Waals surface area (Å²) in [5.41, 5.74) is 1.44. The largest absolute Gasteiger partial charge is 0.381 e. The molecular formula is C16H25NO. The normalized spacial score (nSPS) is 22.4. The minimum atomic E-state index is 0.591. The third kappa shape index (κ3) is 4.79. The lowest BCUT2D eigenvalue weighted by Gasteiger charge is -2.21. The predicted molar refractivity (Wildman–Crippen MR) is 75.8 cm³/mol. The maximum Gasteiger partial charge on any atom is 0.0480 e. The summed E-state index contributed by atoms with van der Waals surface area (Å²) in [4.78, 5) is 0. The van der Waals surface area contributed by atoms with Gasteiger partial charge in [0.2, 0.25) is 0 Å². The van der Waals surface area contributed by atoms with Crippen LogP contribution >= 0.6 is 0 Å². The van der Waals surface area contributed by atoms with Crippen LogP contribution in [0, 0.1) is 0 Å². The minimum Gasteiger partial charge on any atom is -0.381 e. The van der Waals surface area contributed by atoms with Gasteiger partial charge in [0.1, 0.15) is 0 Å². The molecule has 0 spiro atoms. The summed E-state index contributed by atoms with van der Waals surface area (Å²) in [7, 11) is 0. The smallest absolute Gasteiger partial charge is 0.0480 e. The zero-order chi connectivity index (χ0) is 12.6. The average molecular weight is 247 g/mol. The van der Waals surface area contributed by atoms with Crippen LogP contribution in [-0.4, -0.2) is 25.3 Å². The molecule has 0 bridgehead atoms. The maximum absolute atomic E-state index is 5.50. The molecule has 18 heavy (non-hydrogen) atoms. The zero-order valence-corrected chi connectivity index (χ0v) is 11.4. The summed E-state index contributed by atoms with van der Waals surface area (Å²) in [5.74, 6) is 0. The van der Waals surface area contributed by atoms with E-state index in [-0.39, 0.29) is 0 Å². The second-order valence-electron chi connectivity index (χ2n) is 5.33. The lowest BCUT2D eigenvalue weighted by molar-refractivity contribution is 0.142. The van der Waals surface area contributed by atoms with Gasteiger partial charge in [0.25, 0.3) is 0 Å². The first-order valence-corrected chi connectivity index (χ1v) is 7.22. The van der Waals surface area contributed by atoms with Crippen molar-refractivity contribution in [3.8, 4) is 0 Å². The Labute approximate surface area is 111 Å². The van der Waals surface area contributed by atoms with Gasteiger partial charge in [0.05, 0.1) is 0 Å². The summed E-state index contributed by atoms with van der Waals surface area (Å²) in [6.07, 6.45) is 5.99. The van der Waals surface area contributed by atoms with E-state index >= 15 is 0 Å². The lowest BCUT2D eigenvalue weighted by Crippen LogP contribution is -2.37. The molecule has 1 heterocycles. The van der Waals surface area contributed by atoms with Gasteiger partial charge in [-0.25, -0.2) is 0 Å². The molecule has 0 amide bonds. The van der Waals surface area contributed by atoms with Crippen molar-refractivity contribution in [3.63, 3.8) is 0 Å². The van der Waals surface area contributed by atoms with Crippen molar-refractivity contribution in [2.45, 2.75) is 51.1 Å². The van der Waals surface area contributed by atoms with Gasteiger partial charge in [-0.15, -0.1) is 0 Å². The van der Waals surface area contributed by atoms with Gasteiger partial charge in [0, 0.05) is 25.3 Å². The first kappa shape index (κ1) is 13.6. The maximum atomic E-state index is 5.50. The molecule has 1 aromatic rings. The van der Waals surface area contributed by atoms with E-state index in [0.29, 0.717) is 12.1 Å². The zero-order valence-electron chi connectivity index (χ0n) is 11.4. The van der Waals surface area contributed by atoms with Gasteiger partial charge < -0.3 is 10.1 Å². The molecule has 0 aliphatic carbocycles. The summed E-state index contributed by atoms with van der Waals surface area (Å²) in [5, 5.41) is 3.75. The van der Waals surface area contributed by atoms with Gasteiger partial charge in [-0.3, -0.25) is 0 Å². The van der Waals surface area contributed by atoms with Crippen LogP contribution in [-0.2, 0) is 11.2 Å². The Bertz CT molecular complexity index is 317. The topological polar surface area (TPSA) is 21.3 Å². The Kier molecular flexibility index (Phi) is 5.69. The van der Waals surface area contributed by atoms with Crippen LogP contribution in [0.15, 0.2) is 30.3 Å². The second-order valence-corrected chi connectivity index (χ2v) is 5.33. The number of hydrogen-bond donors (Lipinski definition) is 1. The molecule has 2 rings (SSSR count). The number of hydrogen-bond acceptors (Lipinski definition) is 2. The Balaban J connectivity index is 1.69. The number of ether oxygens (including phenoxy) is 1. The van der Waals surface area contributed by atoms with Gasteiger partial charge in [-0.05, 0) is 44.6 Å². The van der Waals surface area contributed by atoms with Gasteiger partial charge in [-0.2, -0.15) is 0 Å². The second kappa shape index (κ2) is 7.55. The molecule has 2 atom stereocenters. The molecule has 100 valence electrons. The fraction of sp³-hybridized carbons (Fsp3) is 0.625. The van der Waals surface area contributed by atoms with Crippen LogP contribution < -0.4 is 5.32 Å². The van der Waals surface area contributed by atoms with E-state index in [2.05, 4.69) is 42.6 Å². The molecular weight excluding hydrogens is 222 g/mol. The first-order valence-electron chi connectivity index (χ1n) is 7.22. The molecule has 2 nitrogen and oxygen atoms in total. The summed E-state index contributed by atoms with van der Waals surface area (Å²) >= 11 is 0. The highest BCUT2D eigenvalue weighted by Gasteiger charge is 2.14. The van der Waals surface area contributed by atoms with E-state index in [9.17, 15) is 0 Å². The van der Waals surface area contributed by atoms with Crippen LogP contribution in [0.25, 0.3) is 0 Å². The van der Waals surface area contributed by atoms with Crippen molar-refractivity contribution in [2.24, 2.45) is 0 Å². The first-order chi connectivity index (χ1) is 8.84. The molecule has 2 unspecified atom stereocenters. The van der Waals surface area contributed by atoms with E-state index in [1.54, 1.807) is 0 Å². The molecule has 0 aromatic heterocycles. The van der Waals surface area contributed by atoms with E-state index in [4.69, 9.17) is 4.74 Å². The predicted octanol–water partition coefficient (Wildman–Crippen LogP) is 3.17. The number of nitrogens with one attached hydrogen (secondary N) is 1. The van der Waals surface area contributed by atoms with E-state index < -0.39 is 0 Å². The van der Waals surface area contributed by atoms with E-state index in [1.165, 1.54) is 24.8 Å². The monoisotopic (exact) mass is 247 g/mol. The van der Waals surface area contributed by atoms with Crippen molar-refractivity contribution in [3.05, 3.63) is 35.9 Å². The van der Waals surface area contributed by atoms with Crippen LogP contribution in [0.4, 0.5) is 0 Å². The number of benzene rings is 1. The molecule has 0 radical (unpaired) electrons. The fourth-order valence-corrected chi connectivity index (χ4v) is 2.58. The third-order valence-electron chi connectivity index (χ3n) is 3.68. The number of aryl methyl sites for hydroxylation is 1. The fourth-order valence-electron chi connectivity index (χ4n) is 2.58. The Hall–Kier alpha value is -0.860. The van der Waals surface area contributed by atoms with Crippen LogP contribution in [0.2, 0.25) is 0 Å². The molecule has 2 heteroatoms. The van der Waals surface area contributed by atoms with Gasteiger partial charge >= 0.3 is 0 Å². The molecule has 1 N–H and O–H groups in total. The number of rotatable bonds is 5. The molecule has 0 saturated carbocycles. The Morgan fingerprint density at radius 2 is 2.06 bits per heavy atom. The van der Waals surface area contributed by atoms with E-state index in [1.807, 2.05) is 0 Å². The average Bonchev–Trinajstić information content (AvgIpc) is 2.66. The van der Waals surface area contributed by atoms with Crippen LogP contribution in [0.5, 0.6) is 0 Å². The van der Waals surface area contributed by atoms with Crippen molar-refractivity contribution < 1.29 is 4.74 Å². The highest BCUT2D eigenvalue weighted by atomic mass is 16.5.